The minimum absolute atomic E-state index is 0.0473. The zero-order chi connectivity index (χ0) is 22.9. The van der Waals surface area contributed by atoms with Crippen LogP contribution in [0.1, 0.15) is 37.0 Å². The van der Waals surface area contributed by atoms with E-state index in [1.807, 2.05) is 36.4 Å². The van der Waals surface area contributed by atoms with Crippen LogP contribution in [0.4, 0.5) is 10.1 Å². The summed E-state index contributed by atoms with van der Waals surface area (Å²) in [4.78, 5) is 16.9. The highest BCUT2D eigenvalue weighted by Gasteiger charge is 2.23. The van der Waals surface area contributed by atoms with Crippen LogP contribution >= 0.6 is 0 Å². The zero-order valence-electron chi connectivity index (χ0n) is 18.7. The maximum absolute atomic E-state index is 13.9. The molecule has 4 aromatic rings. The van der Waals surface area contributed by atoms with Gasteiger partial charge in [-0.05, 0) is 49.1 Å². The van der Waals surface area contributed by atoms with E-state index in [1.54, 1.807) is 16.8 Å². The van der Waals surface area contributed by atoms with Crippen LogP contribution in [-0.4, -0.2) is 33.1 Å². The van der Waals surface area contributed by atoms with Gasteiger partial charge in [0.05, 0.1) is 23.3 Å². The van der Waals surface area contributed by atoms with Gasteiger partial charge in [0, 0.05) is 29.3 Å². The second kappa shape index (κ2) is 8.65. The van der Waals surface area contributed by atoms with Gasteiger partial charge in [0.2, 0.25) is 0 Å². The molecule has 33 heavy (non-hydrogen) atoms. The predicted molar refractivity (Wildman–Crippen MR) is 128 cm³/mol. The Hall–Kier alpha value is -3.74. The first-order valence-corrected chi connectivity index (χ1v) is 11.3. The molecular formula is C26H26FN5O. The van der Waals surface area contributed by atoms with E-state index in [4.69, 9.17) is 5.10 Å². The molecule has 6 nitrogen and oxygen atoms in total. The van der Waals surface area contributed by atoms with Crippen LogP contribution in [0, 0.1) is 11.7 Å². The second-order valence-electron chi connectivity index (χ2n) is 8.93. The van der Waals surface area contributed by atoms with Crippen molar-refractivity contribution in [2.45, 2.75) is 32.7 Å². The molecule has 0 atom stereocenters. The maximum Gasteiger partial charge on any atom is 0.251 e. The number of hydrogen-bond acceptors (Lipinski definition) is 4. The molecule has 1 aliphatic carbocycles. The molecule has 0 unspecified atom stereocenters. The molecule has 2 N–H and O–H groups in total. The average Bonchev–Trinajstić information content (AvgIpc) is 3.52. The number of nitrogens with zero attached hydrogens (tertiary/aromatic N) is 3. The van der Waals surface area contributed by atoms with Gasteiger partial charge in [-0.15, -0.1) is 0 Å². The number of aromatic nitrogens is 3. The van der Waals surface area contributed by atoms with Crippen molar-refractivity contribution < 1.29 is 9.18 Å². The molecule has 2 heterocycles. The first-order valence-electron chi connectivity index (χ1n) is 11.3. The van der Waals surface area contributed by atoms with E-state index in [2.05, 4.69) is 29.5 Å². The largest absolute Gasteiger partial charge is 0.382 e. The van der Waals surface area contributed by atoms with Crippen LogP contribution in [0.5, 0.6) is 0 Å². The minimum atomic E-state index is -0.308. The zero-order valence-corrected chi connectivity index (χ0v) is 18.7. The molecular weight excluding hydrogens is 417 g/mol. The molecule has 0 bridgehead atoms. The van der Waals surface area contributed by atoms with Crippen molar-refractivity contribution in [3.63, 3.8) is 0 Å². The van der Waals surface area contributed by atoms with Crippen LogP contribution in [0.2, 0.25) is 0 Å². The summed E-state index contributed by atoms with van der Waals surface area (Å²) >= 11 is 0. The fourth-order valence-corrected chi connectivity index (χ4v) is 3.69. The van der Waals surface area contributed by atoms with Gasteiger partial charge in [0.1, 0.15) is 5.82 Å². The fourth-order valence-electron chi connectivity index (χ4n) is 3.69. The van der Waals surface area contributed by atoms with Crippen molar-refractivity contribution >= 4 is 17.2 Å². The lowest BCUT2D eigenvalue weighted by Gasteiger charge is -2.13. The standard InChI is InChI=1S/C26H26FN5O/c1-16(2)14-28-23-13-22(19-4-3-5-20(27)12-19)31-32-24(15-29-25(23)32)17-6-8-18(9-7-17)26(33)30-21-10-11-21/h3-9,12-13,15-16,21,28H,10-11,14H2,1-2H3,(H,30,33). The lowest BCUT2D eigenvalue weighted by Crippen LogP contribution is -2.25. The van der Waals surface area contributed by atoms with Gasteiger partial charge in [-0.25, -0.2) is 13.9 Å². The number of carbonyl (C=O) groups is 1. The number of benzene rings is 2. The van der Waals surface area contributed by atoms with Gasteiger partial charge in [-0.1, -0.05) is 38.1 Å². The van der Waals surface area contributed by atoms with Gasteiger partial charge < -0.3 is 10.6 Å². The normalized spacial score (nSPS) is 13.5. The molecule has 5 rings (SSSR count). The Kier molecular flexibility index (Phi) is 5.54. The van der Waals surface area contributed by atoms with Crippen molar-refractivity contribution in [1.29, 1.82) is 0 Å². The number of nitrogens with one attached hydrogen (secondary N) is 2. The van der Waals surface area contributed by atoms with Gasteiger partial charge in [-0.2, -0.15) is 5.10 Å². The molecule has 0 spiro atoms. The Morgan fingerprint density at radius 2 is 1.91 bits per heavy atom. The van der Waals surface area contributed by atoms with E-state index in [1.165, 1.54) is 12.1 Å². The van der Waals surface area contributed by atoms with E-state index in [0.29, 0.717) is 34.4 Å². The van der Waals surface area contributed by atoms with Gasteiger partial charge >= 0.3 is 0 Å². The van der Waals surface area contributed by atoms with E-state index < -0.39 is 0 Å². The fraction of sp³-hybridized carbons (Fsp3) is 0.269. The number of rotatable bonds is 7. The third kappa shape index (κ3) is 4.58. The molecule has 1 aliphatic rings. The average molecular weight is 444 g/mol. The highest BCUT2D eigenvalue weighted by Crippen LogP contribution is 2.29. The van der Waals surface area contributed by atoms with Gasteiger partial charge in [0.15, 0.2) is 5.65 Å². The summed E-state index contributed by atoms with van der Waals surface area (Å²) in [5.41, 5.74) is 5.19. The first-order chi connectivity index (χ1) is 16.0. The van der Waals surface area contributed by atoms with E-state index >= 15 is 0 Å². The third-order valence-corrected chi connectivity index (χ3v) is 5.64. The first kappa shape index (κ1) is 21.1. The van der Waals surface area contributed by atoms with Gasteiger partial charge in [0.25, 0.3) is 5.91 Å². The van der Waals surface area contributed by atoms with Crippen molar-refractivity contribution in [2.75, 3.05) is 11.9 Å². The number of anilines is 1. The quantitative estimate of drug-likeness (QED) is 0.414. The molecule has 0 saturated heterocycles. The lowest BCUT2D eigenvalue weighted by atomic mass is 10.1. The Bertz CT molecular complexity index is 1310. The molecule has 7 heteroatoms. The van der Waals surface area contributed by atoms with Crippen LogP contribution < -0.4 is 10.6 Å². The van der Waals surface area contributed by atoms with Crippen LogP contribution in [0.15, 0.2) is 60.8 Å². The number of halogens is 1. The van der Waals surface area contributed by atoms with Crippen LogP contribution in [0.25, 0.3) is 28.2 Å². The van der Waals surface area contributed by atoms with Gasteiger partial charge in [-0.3, -0.25) is 4.79 Å². The molecule has 2 aromatic carbocycles. The molecule has 0 radical (unpaired) electrons. The minimum Gasteiger partial charge on any atom is -0.382 e. The van der Waals surface area contributed by atoms with E-state index in [0.717, 1.165) is 36.3 Å². The Balaban J connectivity index is 1.55. The Morgan fingerprint density at radius 1 is 1.12 bits per heavy atom. The van der Waals surface area contributed by atoms with Crippen molar-refractivity contribution in [3.05, 3.63) is 72.2 Å². The Labute approximate surface area is 191 Å². The number of hydrogen-bond donors (Lipinski definition) is 2. The summed E-state index contributed by atoms with van der Waals surface area (Å²) < 4.78 is 15.7. The second-order valence-corrected chi connectivity index (χ2v) is 8.93. The van der Waals surface area contributed by atoms with Crippen LogP contribution in [-0.2, 0) is 0 Å². The topological polar surface area (TPSA) is 71.3 Å². The molecule has 1 saturated carbocycles. The monoisotopic (exact) mass is 443 g/mol. The molecule has 168 valence electrons. The molecule has 2 aromatic heterocycles. The van der Waals surface area contributed by atoms with Crippen LogP contribution in [0.3, 0.4) is 0 Å². The lowest BCUT2D eigenvalue weighted by molar-refractivity contribution is 0.0951. The SMILES string of the molecule is CC(C)CNc1cc(-c2cccc(F)c2)nn2c(-c3ccc(C(=O)NC4CC4)cc3)cnc12. The highest BCUT2D eigenvalue weighted by molar-refractivity contribution is 5.95. The van der Waals surface area contributed by atoms with Crippen molar-refractivity contribution in [2.24, 2.45) is 5.92 Å². The van der Waals surface area contributed by atoms with E-state index in [-0.39, 0.29) is 11.7 Å². The Morgan fingerprint density at radius 3 is 2.61 bits per heavy atom. The molecule has 0 aliphatic heterocycles. The highest BCUT2D eigenvalue weighted by atomic mass is 19.1. The third-order valence-electron chi connectivity index (χ3n) is 5.64. The summed E-state index contributed by atoms with van der Waals surface area (Å²) in [5.74, 6) is 0.0884. The number of imidazole rings is 1. The number of amides is 1. The summed E-state index contributed by atoms with van der Waals surface area (Å²) in [5, 5.41) is 11.2. The van der Waals surface area contributed by atoms with E-state index in [9.17, 15) is 9.18 Å². The molecule has 1 fully saturated rings. The predicted octanol–water partition coefficient (Wildman–Crippen LogP) is 5.16. The smallest absolute Gasteiger partial charge is 0.251 e. The maximum atomic E-state index is 13.9. The van der Waals surface area contributed by atoms with Crippen molar-refractivity contribution in [3.8, 4) is 22.5 Å². The van der Waals surface area contributed by atoms with Crippen molar-refractivity contribution in [1.82, 2.24) is 19.9 Å². The summed E-state index contributed by atoms with van der Waals surface area (Å²) in [6.45, 7) is 5.04. The molecule has 1 amide bonds. The number of carbonyl (C=O) groups excluding carboxylic acids is 1. The summed E-state index contributed by atoms with van der Waals surface area (Å²) in [6.07, 6.45) is 3.88. The summed E-state index contributed by atoms with van der Waals surface area (Å²) in [7, 11) is 0. The summed E-state index contributed by atoms with van der Waals surface area (Å²) in [6, 6.07) is 16.1. The number of fused-ring (bicyclic) bond motifs is 1.